The van der Waals surface area contributed by atoms with E-state index in [0.717, 1.165) is 18.2 Å². The van der Waals surface area contributed by atoms with Crippen LogP contribution >= 0.6 is 0 Å². The number of alkyl halides is 3. The average molecular weight is 391 g/mol. The number of halogens is 6. The standard InChI is InChI=1S/C15H11F6N5O/c16-7-1-2-11(10(5-7)25-14(24)26-13(22)23)27-12-8(17)3-6(4-9(12)18)15(19,20)21/h1-5H,(H6,22,23,24,25,26). The molecule has 144 valence electrons. The van der Waals surface area contributed by atoms with E-state index in [4.69, 9.17) is 21.9 Å². The molecule has 0 atom stereocenters. The Bertz CT molecular complexity index is 898. The molecule has 0 spiro atoms. The quantitative estimate of drug-likeness (QED) is 0.424. The first kappa shape index (κ1) is 19.9. The largest absolute Gasteiger partial charge is 0.449 e. The zero-order chi connectivity index (χ0) is 20.4. The van der Waals surface area contributed by atoms with E-state index in [1.807, 2.05) is 0 Å². The molecule has 0 bridgehead atoms. The fraction of sp³-hybridized carbons (Fsp3) is 0.0667. The highest BCUT2D eigenvalue weighted by Gasteiger charge is 2.33. The highest BCUT2D eigenvalue weighted by Crippen LogP contribution is 2.38. The first-order valence-corrected chi connectivity index (χ1v) is 6.95. The molecule has 0 aliphatic carbocycles. The van der Waals surface area contributed by atoms with Crippen LogP contribution in [0.15, 0.2) is 40.3 Å². The van der Waals surface area contributed by atoms with Crippen LogP contribution in [0.25, 0.3) is 0 Å². The lowest BCUT2D eigenvalue weighted by molar-refractivity contribution is -0.138. The number of nitrogens with two attached hydrogens (primary N) is 3. The number of nitrogens with zero attached hydrogens (tertiary/aromatic N) is 2. The Labute approximate surface area is 148 Å². The van der Waals surface area contributed by atoms with Crippen molar-refractivity contribution in [3.8, 4) is 11.5 Å². The second-order valence-corrected chi connectivity index (χ2v) is 4.99. The van der Waals surface area contributed by atoms with Crippen LogP contribution in [-0.2, 0) is 6.18 Å². The van der Waals surface area contributed by atoms with Crippen LogP contribution in [0, 0.1) is 17.5 Å². The number of hydrogen-bond donors (Lipinski definition) is 3. The van der Waals surface area contributed by atoms with Gasteiger partial charge in [-0.25, -0.2) is 18.2 Å². The minimum atomic E-state index is -4.96. The van der Waals surface area contributed by atoms with Crippen molar-refractivity contribution < 1.29 is 31.1 Å². The molecule has 12 heteroatoms. The van der Waals surface area contributed by atoms with Gasteiger partial charge >= 0.3 is 6.18 Å². The van der Waals surface area contributed by atoms with Gasteiger partial charge in [-0.2, -0.15) is 18.2 Å². The van der Waals surface area contributed by atoms with Gasteiger partial charge in [0.15, 0.2) is 29.1 Å². The first-order valence-electron chi connectivity index (χ1n) is 6.95. The summed E-state index contributed by atoms with van der Waals surface area (Å²) in [5, 5.41) is 0. The average Bonchev–Trinajstić information content (AvgIpc) is 2.50. The molecule has 2 rings (SSSR count). The highest BCUT2D eigenvalue weighted by atomic mass is 19.4. The molecule has 6 nitrogen and oxygen atoms in total. The predicted octanol–water partition coefficient (Wildman–Crippen LogP) is 3.13. The summed E-state index contributed by atoms with van der Waals surface area (Å²) < 4.78 is 83.9. The molecule has 0 saturated carbocycles. The molecule has 0 heterocycles. The van der Waals surface area contributed by atoms with E-state index in [9.17, 15) is 26.3 Å². The smallest absolute Gasteiger partial charge is 0.416 e. The summed E-state index contributed by atoms with van der Waals surface area (Å²) in [7, 11) is 0. The van der Waals surface area contributed by atoms with Gasteiger partial charge in [-0.3, -0.25) is 0 Å². The second-order valence-electron chi connectivity index (χ2n) is 4.99. The van der Waals surface area contributed by atoms with Gasteiger partial charge in [0.2, 0.25) is 5.96 Å². The first-order chi connectivity index (χ1) is 12.5. The minimum Gasteiger partial charge on any atom is -0.449 e. The van der Waals surface area contributed by atoms with Crippen molar-refractivity contribution in [2.24, 2.45) is 27.2 Å². The molecular weight excluding hydrogens is 380 g/mol. The lowest BCUT2D eigenvalue weighted by atomic mass is 10.2. The normalized spacial score (nSPS) is 12.0. The third kappa shape index (κ3) is 5.03. The summed E-state index contributed by atoms with van der Waals surface area (Å²) in [4.78, 5) is 7.00. The van der Waals surface area contributed by atoms with E-state index in [1.54, 1.807) is 0 Å². The van der Waals surface area contributed by atoms with Crippen molar-refractivity contribution in [3.05, 3.63) is 53.3 Å². The maximum Gasteiger partial charge on any atom is 0.416 e. The van der Waals surface area contributed by atoms with Crippen LogP contribution in [0.2, 0.25) is 0 Å². The zero-order valence-electron chi connectivity index (χ0n) is 13.2. The maximum absolute atomic E-state index is 13.9. The van der Waals surface area contributed by atoms with Crippen LogP contribution in [-0.4, -0.2) is 11.9 Å². The molecular formula is C15H11F6N5O. The van der Waals surface area contributed by atoms with E-state index in [2.05, 4.69) is 9.98 Å². The molecule has 0 aromatic heterocycles. The Balaban J connectivity index is 2.48. The molecule has 0 fully saturated rings. The van der Waals surface area contributed by atoms with Crippen molar-refractivity contribution in [3.63, 3.8) is 0 Å². The summed E-state index contributed by atoms with van der Waals surface area (Å²) in [6.45, 7) is 0. The molecule has 0 aliphatic rings. The van der Waals surface area contributed by atoms with Crippen LogP contribution in [0.4, 0.5) is 32.0 Å². The Kier molecular flexibility index (Phi) is 5.47. The number of aliphatic imine (C=N–C) groups is 2. The lowest BCUT2D eigenvalue weighted by Gasteiger charge is -2.13. The fourth-order valence-electron chi connectivity index (χ4n) is 1.88. The second kappa shape index (κ2) is 7.43. The number of benzene rings is 2. The number of hydrogen-bond acceptors (Lipinski definition) is 2. The van der Waals surface area contributed by atoms with Crippen LogP contribution in [0.5, 0.6) is 11.5 Å². The van der Waals surface area contributed by atoms with Crippen molar-refractivity contribution >= 4 is 17.6 Å². The van der Waals surface area contributed by atoms with Crippen LogP contribution in [0.3, 0.4) is 0 Å². The molecule has 0 unspecified atom stereocenters. The Morgan fingerprint density at radius 1 is 0.926 bits per heavy atom. The number of guanidine groups is 2. The van der Waals surface area contributed by atoms with Gasteiger partial charge in [0.05, 0.1) is 5.56 Å². The van der Waals surface area contributed by atoms with Gasteiger partial charge in [-0.15, -0.1) is 0 Å². The molecule has 0 aliphatic heterocycles. The SMILES string of the molecule is NC(N)=NC(N)=Nc1cc(F)ccc1Oc1c(F)cc(C(F)(F)F)cc1F. The summed E-state index contributed by atoms with van der Waals surface area (Å²) in [5.41, 5.74) is 13.7. The fourth-order valence-corrected chi connectivity index (χ4v) is 1.88. The molecule has 27 heavy (non-hydrogen) atoms. The predicted molar refractivity (Wildman–Crippen MR) is 84.9 cm³/mol. The van der Waals surface area contributed by atoms with Gasteiger partial charge in [-0.1, -0.05) is 0 Å². The van der Waals surface area contributed by atoms with E-state index >= 15 is 0 Å². The van der Waals surface area contributed by atoms with Gasteiger partial charge in [-0.05, 0) is 24.3 Å². The summed E-state index contributed by atoms with van der Waals surface area (Å²) in [5.74, 6) is -6.62. The number of rotatable bonds is 3. The van der Waals surface area contributed by atoms with E-state index < -0.39 is 52.6 Å². The highest BCUT2D eigenvalue weighted by molar-refractivity contribution is 5.93. The van der Waals surface area contributed by atoms with Crippen LogP contribution < -0.4 is 21.9 Å². The molecule has 0 saturated heterocycles. The number of ether oxygens (including phenoxy) is 1. The van der Waals surface area contributed by atoms with Gasteiger partial charge < -0.3 is 21.9 Å². The Morgan fingerprint density at radius 3 is 2.04 bits per heavy atom. The third-order valence-corrected chi connectivity index (χ3v) is 2.94. The van der Waals surface area contributed by atoms with E-state index in [1.165, 1.54) is 0 Å². The minimum absolute atomic E-state index is 0.0542. The molecule has 2 aromatic rings. The molecule has 0 radical (unpaired) electrons. The lowest BCUT2D eigenvalue weighted by Crippen LogP contribution is -2.26. The van der Waals surface area contributed by atoms with E-state index in [-0.39, 0.29) is 17.8 Å². The molecule has 2 aromatic carbocycles. The molecule has 0 amide bonds. The summed E-state index contributed by atoms with van der Waals surface area (Å²) >= 11 is 0. The Morgan fingerprint density at radius 2 is 1.52 bits per heavy atom. The van der Waals surface area contributed by atoms with Gasteiger partial charge in [0.25, 0.3) is 0 Å². The third-order valence-electron chi connectivity index (χ3n) is 2.94. The van der Waals surface area contributed by atoms with Gasteiger partial charge in [0, 0.05) is 6.07 Å². The zero-order valence-corrected chi connectivity index (χ0v) is 13.2. The Hall–Kier alpha value is -3.44. The van der Waals surface area contributed by atoms with E-state index in [0.29, 0.717) is 0 Å². The summed E-state index contributed by atoms with van der Waals surface area (Å²) in [6.07, 6.45) is -4.96. The van der Waals surface area contributed by atoms with Crippen molar-refractivity contribution in [2.75, 3.05) is 0 Å². The molecule has 6 N–H and O–H groups in total. The van der Waals surface area contributed by atoms with Crippen molar-refractivity contribution in [1.29, 1.82) is 0 Å². The van der Waals surface area contributed by atoms with Gasteiger partial charge in [0.1, 0.15) is 11.5 Å². The van der Waals surface area contributed by atoms with Crippen molar-refractivity contribution in [2.45, 2.75) is 6.18 Å². The van der Waals surface area contributed by atoms with Crippen LogP contribution in [0.1, 0.15) is 5.56 Å². The maximum atomic E-state index is 13.9. The van der Waals surface area contributed by atoms with Crippen molar-refractivity contribution in [1.82, 2.24) is 0 Å². The topological polar surface area (TPSA) is 112 Å². The summed E-state index contributed by atoms with van der Waals surface area (Å²) in [6, 6.07) is 2.69. The monoisotopic (exact) mass is 391 g/mol.